The Morgan fingerprint density at radius 3 is 2.86 bits per heavy atom. The standard InChI is InChI=1S/C19H16FN5O3S/c1-24-15(12-4-3-11(28-2)7-13(12)20)10-25-9-14(23-17(25)19(24)27)18(26)22-8-16-21-5-6-29-16/h3-7,9-10H,8H2,1-2H3,(H,22,26). The van der Waals surface area contributed by atoms with Crippen LogP contribution in [0.4, 0.5) is 4.39 Å². The molecule has 1 N–H and O–H groups in total. The third-order valence-corrected chi connectivity index (χ3v) is 5.20. The number of thiazole rings is 1. The smallest absolute Gasteiger partial charge is 0.294 e. The van der Waals surface area contributed by atoms with Crippen LogP contribution in [0.2, 0.25) is 0 Å². The van der Waals surface area contributed by atoms with Crippen molar-refractivity contribution in [1.82, 2.24) is 24.3 Å². The fourth-order valence-corrected chi connectivity index (χ4v) is 3.46. The van der Waals surface area contributed by atoms with Crippen LogP contribution in [0, 0.1) is 5.82 Å². The maximum Gasteiger partial charge on any atom is 0.294 e. The van der Waals surface area contributed by atoms with Gasteiger partial charge >= 0.3 is 0 Å². The first-order chi connectivity index (χ1) is 14.0. The van der Waals surface area contributed by atoms with Crippen LogP contribution in [0.3, 0.4) is 0 Å². The molecule has 4 rings (SSSR count). The number of carbonyl (C=O) groups is 1. The monoisotopic (exact) mass is 413 g/mol. The van der Waals surface area contributed by atoms with E-state index in [2.05, 4.69) is 15.3 Å². The summed E-state index contributed by atoms with van der Waals surface area (Å²) in [4.78, 5) is 33.4. The lowest BCUT2D eigenvalue weighted by molar-refractivity contribution is 0.0946. The van der Waals surface area contributed by atoms with E-state index < -0.39 is 17.3 Å². The second-order valence-electron chi connectivity index (χ2n) is 6.19. The number of nitrogens with zero attached hydrogens (tertiary/aromatic N) is 4. The van der Waals surface area contributed by atoms with Crippen molar-refractivity contribution in [3.05, 3.63) is 69.0 Å². The maximum absolute atomic E-state index is 14.5. The van der Waals surface area contributed by atoms with Crippen LogP contribution in [0.15, 0.2) is 47.0 Å². The number of halogens is 1. The fourth-order valence-electron chi connectivity index (χ4n) is 2.90. The van der Waals surface area contributed by atoms with Gasteiger partial charge in [0.2, 0.25) is 5.65 Å². The average Bonchev–Trinajstić information content (AvgIpc) is 3.39. The van der Waals surface area contributed by atoms with E-state index in [-0.39, 0.29) is 23.4 Å². The Bertz CT molecular complexity index is 1260. The zero-order valence-electron chi connectivity index (χ0n) is 15.5. The molecule has 29 heavy (non-hydrogen) atoms. The minimum absolute atomic E-state index is 0.0737. The number of fused-ring (bicyclic) bond motifs is 1. The lowest BCUT2D eigenvalue weighted by Gasteiger charge is -2.11. The van der Waals surface area contributed by atoms with E-state index in [9.17, 15) is 14.0 Å². The number of benzene rings is 1. The van der Waals surface area contributed by atoms with Crippen molar-refractivity contribution in [2.24, 2.45) is 7.05 Å². The molecular weight excluding hydrogens is 397 g/mol. The van der Waals surface area contributed by atoms with E-state index in [0.29, 0.717) is 11.4 Å². The van der Waals surface area contributed by atoms with E-state index in [0.717, 1.165) is 5.01 Å². The van der Waals surface area contributed by atoms with Crippen molar-refractivity contribution in [3.8, 4) is 17.0 Å². The van der Waals surface area contributed by atoms with Crippen LogP contribution in [-0.4, -0.2) is 32.0 Å². The molecule has 0 atom stereocenters. The number of imidazole rings is 1. The summed E-state index contributed by atoms with van der Waals surface area (Å²) in [6.07, 6.45) is 4.66. The topological polar surface area (TPSA) is 90.5 Å². The highest BCUT2D eigenvalue weighted by molar-refractivity contribution is 7.09. The van der Waals surface area contributed by atoms with Gasteiger partial charge in [0.1, 0.15) is 22.3 Å². The Balaban J connectivity index is 1.71. The number of amides is 1. The van der Waals surface area contributed by atoms with Gasteiger partial charge in [-0.1, -0.05) is 0 Å². The molecule has 1 amide bonds. The summed E-state index contributed by atoms with van der Waals surface area (Å²) >= 11 is 1.42. The molecular formula is C19H16FN5O3S. The highest BCUT2D eigenvalue weighted by Crippen LogP contribution is 2.25. The van der Waals surface area contributed by atoms with Gasteiger partial charge in [0.05, 0.1) is 19.3 Å². The zero-order valence-corrected chi connectivity index (χ0v) is 16.4. The number of ether oxygens (including phenoxy) is 1. The molecule has 0 saturated heterocycles. The zero-order chi connectivity index (χ0) is 20.5. The van der Waals surface area contributed by atoms with Gasteiger partial charge in [-0.2, -0.15) is 0 Å². The largest absolute Gasteiger partial charge is 0.497 e. The SMILES string of the molecule is COc1ccc(-c2cn3cc(C(=O)NCc4nccs4)nc3c(=O)n2C)c(F)c1. The molecule has 148 valence electrons. The third kappa shape index (κ3) is 3.49. The van der Waals surface area contributed by atoms with Crippen molar-refractivity contribution < 1.29 is 13.9 Å². The molecule has 0 spiro atoms. The Morgan fingerprint density at radius 2 is 2.17 bits per heavy atom. The van der Waals surface area contributed by atoms with E-state index in [1.165, 1.54) is 52.8 Å². The van der Waals surface area contributed by atoms with Gasteiger partial charge in [0.25, 0.3) is 11.5 Å². The van der Waals surface area contributed by atoms with E-state index in [4.69, 9.17) is 4.74 Å². The Labute approximate surface area is 168 Å². The van der Waals surface area contributed by atoms with Crippen molar-refractivity contribution in [1.29, 1.82) is 0 Å². The van der Waals surface area contributed by atoms with E-state index >= 15 is 0 Å². The Kier molecular flexibility index (Phi) is 4.85. The van der Waals surface area contributed by atoms with E-state index in [1.54, 1.807) is 18.5 Å². The summed E-state index contributed by atoms with van der Waals surface area (Å²) in [6, 6.07) is 4.39. The molecule has 8 nitrogen and oxygen atoms in total. The Morgan fingerprint density at radius 1 is 1.34 bits per heavy atom. The molecule has 0 aliphatic carbocycles. The lowest BCUT2D eigenvalue weighted by atomic mass is 10.1. The summed E-state index contributed by atoms with van der Waals surface area (Å²) in [5.74, 6) is -0.581. The van der Waals surface area contributed by atoms with E-state index in [1.807, 2.05) is 5.38 Å². The Hall–Kier alpha value is -3.53. The van der Waals surface area contributed by atoms with Gasteiger partial charge in [-0.25, -0.2) is 14.4 Å². The molecule has 4 aromatic rings. The number of aromatic nitrogens is 4. The van der Waals surface area contributed by atoms with Crippen LogP contribution in [0.1, 0.15) is 15.5 Å². The van der Waals surface area contributed by atoms with Gasteiger partial charge in [-0.15, -0.1) is 11.3 Å². The maximum atomic E-state index is 14.5. The molecule has 0 aliphatic heterocycles. The molecule has 1 aromatic carbocycles. The fraction of sp³-hybridized carbons (Fsp3) is 0.158. The van der Waals surface area contributed by atoms with Gasteiger partial charge < -0.3 is 14.6 Å². The highest BCUT2D eigenvalue weighted by atomic mass is 32.1. The lowest BCUT2D eigenvalue weighted by Crippen LogP contribution is -2.23. The summed E-state index contributed by atoms with van der Waals surface area (Å²) in [7, 11) is 2.97. The van der Waals surface area contributed by atoms with Crippen molar-refractivity contribution in [2.75, 3.05) is 7.11 Å². The van der Waals surface area contributed by atoms with Gasteiger partial charge in [-0.3, -0.25) is 14.0 Å². The second kappa shape index (κ2) is 7.47. The van der Waals surface area contributed by atoms with Crippen LogP contribution in [0.25, 0.3) is 16.9 Å². The quantitative estimate of drug-likeness (QED) is 0.542. The van der Waals surface area contributed by atoms with Crippen LogP contribution < -0.4 is 15.6 Å². The second-order valence-corrected chi connectivity index (χ2v) is 7.17. The van der Waals surface area contributed by atoms with Crippen molar-refractivity contribution >= 4 is 22.9 Å². The van der Waals surface area contributed by atoms with Gasteiger partial charge in [0.15, 0.2) is 0 Å². The molecule has 0 fully saturated rings. The normalized spacial score (nSPS) is 11.0. The average molecular weight is 413 g/mol. The first-order valence-electron chi connectivity index (χ1n) is 8.57. The first kappa shape index (κ1) is 18.8. The van der Waals surface area contributed by atoms with Crippen molar-refractivity contribution in [3.63, 3.8) is 0 Å². The minimum atomic E-state index is -0.528. The van der Waals surface area contributed by atoms with Crippen LogP contribution in [0.5, 0.6) is 5.75 Å². The summed E-state index contributed by atoms with van der Waals surface area (Å²) < 4.78 is 22.3. The number of methoxy groups -OCH3 is 1. The summed E-state index contributed by atoms with van der Waals surface area (Å²) in [6.45, 7) is 0.269. The summed E-state index contributed by atoms with van der Waals surface area (Å²) in [5, 5.41) is 5.29. The molecule has 10 heteroatoms. The number of hydrogen-bond donors (Lipinski definition) is 1. The van der Waals surface area contributed by atoms with Crippen molar-refractivity contribution in [2.45, 2.75) is 6.54 Å². The molecule has 3 aromatic heterocycles. The minimum Gasteiger partial charge on any atom is -0.497 e. The highest BCUT2D eigenvalue weighted by Gasteiger charge is 2.17. The molecule has 0 saturated carbocycles. The molecule has 0 radical (unpaired) electrons. The number of rotatable bonds is 5. The molecule has 3 heterocycles. The molecule has 0 unspecified atom stereocenters. The number of hydrogen-bond acceptors (Lipinski definition) is 6. The van der Waals surface area contributed by atoms with Gasteiger partial charge in [0, 0.05) is 42.6 Å². The predicted octanol–water partition coefficient (Wildman–Crippen LogP) is 2.23. The number of carbonyl (C=O) groups excluding carboxylic acids is 1. The number of nitrogens with one attached hydrogen (secondary N) is 1. The third-order valence-electron chi connectivity index (χ3n) is 4.42. The van der Waals surface area contributed by atoms with Crippen LogP contribution >= 0.6 is 11.3 Å². The predicted molar refractivity (Wildman–Crippen MR) is 106 cm³/mol. The molecule has 0 bridgehead atoms. The van der Waals surface area contributed by atoms with Crippen LogP contribution in [-0.2, 0) is 13.6 Å². The molecule has 0 aliphatic rings. The van der Waals surface area contributed by atoms with Gasteiger partial charge in [-0.05, 0) is 12.1 Å². The first-order valence-corrected chi connectivity index (χ1v) is 9.45. The summed E-state index contributed by atoms with van der Waals surface area (Å²) in [5.41, 5.74) is 0.290.